The van der Waals surface area contributed by atoms with Crippen LogP contribution in [0.15, 0.2) is 0 Å². The zero-order valence-corrected chi connectivity index (χ0v) is 14.7. The lowest BCUT2D eigenvalue weighted by Crippen LogP contribution is -2.63. The number of hydrogen-bond acceptors (Lipinski definition) is 5. The lowest BCUT2D eigenvalue weighted by molar-refractivity contribution is -0.139. The maximum absolute atomic E-state index is 12.6. The van der Waals surface area contributed by atoms with Crippen LogP contribution in [0.25, 0.3) is 0 Å². The molecule has 8 nitrogen and oxygen atoms in total. The highest BCUT2D eigenvalue weighted by Gasteiger charge is 2.51. The van der Waals surface area contributed by atoms with Crippen molar-refractivity contribution in [1.29, 1.82) is 5.26 Å². The molecule has 0 aromatic carbocycles. The maximum Gasteiger partial charge on any atom is 0.327 e. The minimum atomic E-state index is -3.50. The van der Waals surface area contributed by atoms with E-state index in [9.17, 15) is 18.0 Å². The summed E-state index contributed by atoms with van der Waals surface area (Å²) in [6.45, 7) is 1.57. The van der Waals surface area contributed by atoms with Crippen molar-refractivity contribution in [3.63, 3.8) is 0 Å². The van der Waals surface area contributed by atoms with Gasteiger partial charge in [-0.1, -0.05) is 0 Å². The number of nitrogens with zero attached hydrogens (tertiary/aromatic N) is 3. The van der Waals surface area contributed by atoms with Crippen LogP contribution in [0, 0.1) is 17.2 Å². The molecule has 132 valence electrons. The fraction of sp³-hybridized carbons (Fsp3) is 0.800. The summed E-state index contributed by atoms with van der Waals surface area (Å²) >= 11 is 0. The molecule has 24 heavy (non-hydrogen) atoms. The van der Waals surface area contributed by atoms with E-state index in [0.29, 0.717) is 12.8 Å². The Kier molecular flexibility index (Phi) is 4.08. The minimum absolute atomic E-state index is 0.189. The van der Waals surface area contributed by atoms with E-state index < -0.39 is 33.1 Å². The van der Waals surface area contributed by atoms with Gasteiger partial charge in [-0.15, -0.1) is 0 Å². The molecule has 3 atom stereocenters. The van der Waals surface area contributed by atoms with Crippen LogP contribution >= 0.6 is 0 Å². The van der Waals surface area contributed by atoms with Crippen LogP contribution < -0.4 is 4.72 Å². The molecule has 0 bridgehead atoms. The lowest BCUT2D eigenvalue weighted by atomic mass is 9.81. The molecular formula is C15H22N4O4S. The van der Waals surface area contributed by atoms with Gasteiger partial charge in [-0.25, -0.2) is 22.8 Å². The van der Waals surface area contributed by atoms with Crippen molar-refractivity contribution in [1.82, 2.24) is 14.5 Å². The molecule has 2 saturated carbocycles. The average molecular weight is 354 g/mol. The molecule has 3 rings (SSSR count). The third-order valence-electron chi connectivity index (χ3n) is 5.44. The topological polar surface area (TPSA) is 111 Å². The Morgan fingerprint density at radius 2 is 2.00 bits per heavy atom. The van der Waals surface area contributed by atoms with Crippen molar-refractivity contribution in [3.8, 4) is 6.07 Å². The van der Waals surface area contributed by atoms with Gasteiger partial charge in [-0.05, 0) is 39.0 Å². The maximum atomic E-state index is 12.6. The number of urea groups is 1. The second-order valence-corrected chi connectivity index (χ2v) is 9.25. The normalized spacial score (nSPS) is 32.3. The van der Waals surface area contributed by atoms with Gasteiger partial charge in [0.15, 0.2) is 0 Å². The molecule has 0 radical (unpaired) electrons. The van der Waals surface area contributed by atoms with Gasteiger partial charge in [-0.3, -0.25) is 4.79 Å². The summed E-state index contributed by atoms with van der Waals surface area (Å²) in [5.41, 5.74) is -0.341. The molecule has 9 heteroatoms. The van der Waals surface area contributed by atoms with Crippen molar-refractivity contribution in [3.05, 3.63) is 0 Å². The number of nitrogens with one attached hydrogen (secondary N) is 1. The summed E-state index contributed by atoms with van der Waals surface area (Å²) in [4.78, 5) is 27.2. The summed E-state index contributed by atoms with van der Waals surface area (Å²) in [6.07, 6.45) is 2.75. The summed E-state index contributed by atoms with van der Waals surface area (Å²) in [7, 11) is -1.90. The summed E-state index contributed by atoms with van der Waals surface area (Å²) in [6, 6.07) is 1.05. The van der Waals surface area contributed by atoms with E-state index in [1.54, 1.807) is 7.05 Å². The standard InChI is InChI=1S/C15H22N4O4S/c1-15(5-6-15)17-24(22,23)10-3-4-12-11(9-10)13(20)19(8-7-16)14(21)18(12)2/h10-12,17H,3-6,8-9H2,1-2H3. The van der Waals surface area contributed by atoms with Crippen molar-refractivity contribution in [2.45, 2.75) is 55.9 Å². The van der Waals surface area contributed by atoms with Gasteiger partial charge in [0.2, 0.25) is 15.9 Å². The Hall–Kier alpha value is -1.66. The Morgan fingerprint density at radius 3 is 2.58 bits per heavy atom. The summed E-state index contributed by atoms with van der Waals surface area (Å²) in [5.74, 6) is -0.995. The molecule has 1 aliphatic heterocycles. The van der Waals surface area contributed by atoms with E-state index in [1.807, 2.05) is 13.0 Å². The van der Waals surface area contributed by atoms with E-state index in [4.69, 9.17) is 5.26 Å². The van der Waals surface area contributed by atoms with E-state index in [2.05, 4.69) is 4.72 Å². The van der Waals surface area contributed by atoms with E-state index >= 15 is 0 Å². The van der Waals surface area contributed by atoms with E-state index in [1.165, 1.54) is 4.90 Å². The van der Waals surface area contributed by atoms with Crippen LogP contribution in [0.2, 0.25) is 0 Å². The number of hydrogen-bond donors (Lipinski definition) is 1. The molecule has 0 spiro atoms. The second kappa shape index (κ2) is 5.70. The molecular weight excluding hydrogens is 332 g/mol. The summed E-state index contributed by atoms with van der Waals surface area (Å²) in [5, 5.41) is 8.20. The molecule has 3 fully saturated rings. The summed E-state index contributed by atoms with van der Waals surface area (Å²) < 4.78 is 28.0. The highest BCUT2D eigenvalue weighted by Crippen LogP contribution is 2.39. The van der Waals surface area contributed by atoms with Crippen LogP contribution in [0.5, 0.6) is 0 Å². The number of rotatable bonds is 4. The van der Waals surface area contributed by atoms with Gasteiger partial charge in [0.05, 0.1) is 17.2 Å². The first-order chi connectivity index (χ1) is 11.2. The van der Waals surface area contributed by atoms with Crippen LogP contribution in [-0.4, -0.2) is 60.6 Å². The number of imide groups is 1. The Morgan fingerprint density at radius 1 is 1.33 bits per heavy atom. The third kappa shape index (κ3) is 2.89. The highest BCUT2D eigenvalue weighted by atomic mass is 32.2. The number of carbonyl (C=O) groups excluding carboxylic acids is 2. The van der Waals surface area contributed by atoms with Gasteiger partial charge in [0.25, 0.3) is 0 Å². The fourth-order valence-electron chi connectivity index (χ4n) is 3.69. The first-order valence-corrected chi connectivity index (χ1v) is 9.71. The number of amides is 3. The van der Waals surface area contributed by atoms with Gasteiger partial charge in [0.1, 0.15) is 6.54 Å². The molecule has 3 aliphatic rings. The van der Waals surface area contributed by atoms with Gasteiger partial charge in [0, 0.05) is 18.6 Å². The molecule has 0 aromatic heterocycles. The van der Waals surface area contributed by atoms with E-state index in [-0.39, 0.29) is 24.5 Å². The van der Waals surface area contributed by atoms with Crippen molar-refractivity contribution in [2.75, 3.05) is 13.6 Å². The molecule has 1 N–H and O–H groups in total. The molecule has 1 heterocycles. The van der Waals surface area contributed by atoms with Crippen LogP contribution in [-0.2, 0) is 14.8 Å². The highest BCUT2D eigenvalue weighted by molar-refractivity contribution is 7.90. The van der Waals surface area contributed by atoms with Gasteiger partial charge in [-0.2, -0.15) is 5.26 Å². The predicted molar refractivity (Wildman–Crippen MR) is 85.1 cm³/mol. The quantitative estimate of drug-likeness (QED) is 0.735. The Balaban J connectivity index is 1.79. The smallest absolute Gasteiger partial charge is 0.324 e. The monoisotopic (exact) mass is 354 g/mol. The number of carbonyl (C=O) groups is 2. The minimum Gasteiger partial charge on any atom is -0.324 e. The Bertz CT molecular complexity index is 709. The molecule has 2 aliphatic carbocycles. The van der Waals surface area contributed by atoms with Crippen LogP contribution in [0.1, 0.15) is 39.0 Å². The molecule has 0 aromatic rings. The zero-order valence-electron chi connectivity index (χ0n) is 13.9. The van der Waals surface area contributed by atoms with E-state index in [0.717, 1.165) is 17.7 Å². The molecule has 1 saturated heterocycles. The van der Waals surface area contributed by atoms with Crippen LogP contribution in [0.3, 0.4) is 0 Å². The van der Waals surface area contributed by atoms with Crippen molar-refractivity contribution >= 4 is 22.0 Å². The first-order valence-electron chi connectivity index (χ1n) is 8.16. The SMILES string of the molecule is CN1C(=O)N(CC#N)C(=O)C2CC(S(=O)(=O)NC3(C)CC3)CCC21. The third-order valence-corrected chi connectivity index (χ3v) is 7.52. The van der Waals surface area contributed by atoms with Crippen LogP contribution in [0.4, 0.5) is 4.79 Å². The predicted octanol–water partition coefficient (Wildman–Crippen LogP) is 0.413. The average Bonchev–Trinajstić information content (AvgIpc) is 3.25. The lowest BCUT2D eigenvalue weighted by Gasteiger charge is -2.46. The van der Waals surface area contributed by atoms with Crippen molar-refractivity contribution in [2.24, 2.45) is 5.92 Å². The van der Waals surface area contributed by atoms with Crippen molar-refractivity contribution < 1.29 is 18.0 Å². The Labute approximate surface area is 141 Å². The largest absolute Gasteiger partial charge is 0.327 e. The van der Waals surface area contributed by atoms with Gasteiger partial charge >= 0.3 is 6.03 Å². The number of fused-ring (bicyclic) bond motifs is 1. The second-order valence-electron chi connectivity index (χ2n) is 7.29. The molecule has 3 amide bonds. The zero-order chi connectivity index (χ0) is 17.7. The number of nitriles is 1. The number of sulfonamides is 1. The first kappa shape index (κ1) is 17.2. The fourth-order valence-corrected chi connectivity index (χ4v) is 5.65. The molecule has 3 unspecified atom stereocenters. The van der Waals surface area contributed by atoms with Gasteiger partial charge < -0.3 is 4.90 Å².